The van der Waals surface area contributed by atoms with E-state index in [4.69, 9.17) is 10.5 Å². The first-order valence-corrected chi connectivity index (χ1v) is 12.8. The molecule has 2 aromatic rings. The number of benzene rings is 1. The van der Waals surface area contributed by atoms with Crippen LogP contribution in [0.5, 0.6) is 0 Å². The number of nitrogens with zero attached hydrogens (tertiary/aromatic N) is 3. The quantitative estimate of drug-likeness (QED) is 0.562. The largest absolute Gasteiger partial charge is 0.374 e. The van der Waals surface area contributed by atoms with E-state index < -0.39 is 22.9 Å². The minimum Gasteiger partial charge on any atom is -0.374 e. The van der Waals surface area contributed by atoms with Gasteiger partial charge in [-0.3, -0.25) is 19.4 Å². The molecule has 198 valence electrons. The molecule has 2 fully saturated rings. The summed E-state index contributed by atoms with van der Waals surface area (Å²) >= 11 is 0. The van der Waals surface area contributed by atoms with Gasteiger partial charge < -0.3 is 25.6 Å². The maximum atomic E-state index is 13.8. The van der Waals surface area contributed by atoms with Crippen LogP contribution in [0.2, 0.25) is 0 Å². The van der Waals surface area contributed by atoms with E-state index in [0.717, 1.165) is 11.1 Å². The van der Waals surface area contributed by atoms with Crippen LogP contribution in [-0.4, -0.2) is 77.4 Å². The van der Waals surface area contributed by atoms with Crippen molar-refractivity contribution in [1.82, 2.24) is 20.1 Å². The molecule has 0 saturated carbocycles. The van der Waals surface area contributed by atoms with Gasteiger partial charge in [0.15, 0.2) is 0 Å². The number of likely N-dealkylation sites (tertiary alicyclic amines) is 2. The molecule has 9 heteroatoms. The van der Waals surface area contributed by atoms with Crippen LogP contribution in [0.1, 0.15) is 43.7 Å². The van der Waals surface area contributed by atoms with Crippen LogP contribution in [-0.2, 0) is 25.7 Å². The maximum absolute atomic E-state index is 13.8. The van der Waals surface area contributed by atoms with Gasteiger partial charge in [0.2, 0.25) is 17.7 Å². The van der Waals surface area contributed by atoms with Crippen molar-refractivity contribution in [3.63, 3.8) is 0 Å². The molecule has 37 heavy (non-hydrogen) atoms. The minimum absolute atomic E-state index is 0.0142. The molecular weight excluding hydrogens is 470 g/mol. The Bertz CT molecular complexity index is 1100. The molecule has 0 bridgehead atoms. The summed E-state index contributed by atoms with van der Waals surface area (Å²) in [5, 5.41) is 2.79. The number of aromatic nitrogens is 1. The van der Waals surface area contributed by atoms with Crippen molar-refractivity contribution in [3.8, 4) is 0 Å². The van der Waals surface area contributed by atoms with E-state index in [1.807, 2.05) is 37.4 Å². The fraction of sp³-hybridized carbons (Fsp3) is 0.500. The van der Waals surface area contributed by atoms with Gasteiger partial charge in [-0.2, -0.15) is 0 Å². The van der Waals surface area contributed by atoms with Crippen LogP contribution in [0.3, 0.4) is 0 Å². The van der Waals surface area contributed by atoms with Gasteiger partial charge in [-0.25, -0.2) is 0 Å². The Balaban J connectivity index is 1.54. The zero-order valence-electron chi connectivity index (χ0n) is 21.9. The molecule has 2 aliphatic heterocycles. The summed E-state index contributed by atoms with van der Waals surface area (Å²) in [4.78, 5) is 47.7. The summed E-state index contributed by atoms with van der Waals surface area (Å²) in [7, 11) is 1.83. The van der Waals surface area contributed by atoms with Gasteiger partial charge in [0.25, 0.3) is 0 Å². The molecule has 1 aromatic heterocycles. The lowest BCUT2D eigenvalue weighted by Gasteiger charge is -2.43. The Morgan fingerprint density at radius 2 is 2.00 bits per heavy atom. The summed E-state index contributed by atoms with van der Waals surface area (Å²) in [5.41, 5.74) is 6.11. The van der Waals surface area contributed by atoms with E-state index in [0.29, 0.717) is 32.5 Å². The molecule has 3 amide bonds. The van der Waals surface area contributed by atoms with Gasteiger partial charge in [0.1, 0.15) is 6.04 Å². The Labute approximate surface area is 218 Å². The second-order valence-electron chi connectivity index (χ2n) is 10.8. The fourth-order valence-corrected chi connectivity index (χ4v) is 5.42. The predicted molar refractivity (Wildman–Crippen MR) is 139 cm³/mol. The van der Waals surface area contributed by atoms with E-state index in [1.165, 1.54) is 0 Å². The maximum Gasteiger partial charge on any atom is 0.247 e. The summed E-state index contributed by atoms with van der Waals surface area (Å²) < 4.78 is 5.83. The normalized spacial score (nSPS) is 22.8. The van der Waals surface area contributed by atoms with Gasteiger partial charge in [-0.05, 0) is 43.9 Å². The van der Waals surface area contributed by atoms with Crippen LogP contribution in [0.25, 0.3) is 0 Å². The summed E-state index contributed by atoms with van der Waals surface area (Å²) in [6.07, 6.45) is 4.78. The summed E-state index contributed by atoms with van der Waals surface area (Å²) in [6.45, 7) is 4.84. The first-order chi connectivity index (χ1) is 17.6. The highest BCUT2D eigenvalue weighted by Crippen LogP contribution is 2.49. The van der Waals surface area contributed by atoms with Crippen LogP contribution >= 0.6 is 0 Å². The van der Waals surface area contributed by atoms with Crippen molar-refractivity contribution in [2.45, 2.75) is 50.8 Å². The number of ether oxygens (including phenoxy) is 1. The summed E-state index contributed by atoms with van der Waals surface area (Å²) in [6, 6.07) is 12.8. The number of likely N-dealkylation sites (N-methyl/N-ethyl adjacent to an activating group) is 1. The minimum atomic E-state index is -1.16. The van der Waals surface area contributed by atoms with Crippen molar-refractivity contribution >= 4 is 17.7 Å². The first kappa shape index (κ1) is 26.8. The van der Waals surface area contributed by atoms with Crippen molar-refractivity contribution < 1.29 is 19.1 Å². The second kappa shape index (κ2) is 11.0. The van der Waals surface area contributed by atoms with E-state index in [-0.39, 0.29) is 30.9 Å². The smallest absolute Gasteiger partial charge is 0.247 e. The Hall–Kier alpha value is -3.30. The first-order valence-electron chi connectivity index (χ1n) is 12.8. The van der Waals surface area contributed by atoms with Gasteiger partial charge in [0, 0.05) is 45.0 Å². The highest BCUT2D eigenvalue weighted by atomic mass is 16.5. The number of amides is 3. The molecule has 2 saturated heterocycles. The van der Waals surface area contributed by atoms with Gasteiger partial charge >= 0.3 is 0 Å². The SMILES string of the molecule is CN1C[C@@H](c2ccccc2)[C@@]2(CCCN(C(=O)C(COCc3cccnc3)NC(=O)C(C)(C)N)C2)C1=O. The van der Waals surface area contributed by atoms with Gasteiger partial charge in [-0.1, -0.05) is 36.4 Å². The highest BCUT2D eigenvalue weighted by Gasteiger charge is 2.55. The molecule has 0 aliphatic carbocycles. The number of piperidine rings is 1. The molecule has 1 aromatic carbocycles. The Morgan fingerprint density at radius 1 is 1.24 bits per heavy atom. The number of nitrogens with one attached hydrogen (secondary N) is 1. The van der Waals surface area contributed by atoms with Crippen molar-refractivity contribution in [3.05, 3.63) is 66.0 Å². The van der Waals surface area contributed by atoms with Crippen LogP contribution < -0.4 is 11.1 Å². The number of carbonyl (C=O) groups excluding carboxylic acids is 3. The van der Waals surface area contributed by atoms with Crippen molar-refractivity contribution in [2.24, 2.45) is 11.1 Å². The molecule has 9 nitrogen and oxygen atoms in total. The van der Waals surface area contributed by atoms with Gasteiger partial charge in [-0.15, -0.1) is 0 Å². The molecule has 3 N–H and O–H groups in total. The van der Waals surface area contributed by atoms with E-state index in [2.05, 4.69) is 22.4 Å². The molecule has 0 radical (unpaired) electrons. The number of pyridine rings is 1. The molecule has 1 spiro atoms. The molecular formula is C28H37N5O4. The molecule has 3 atom stereocenters. The number of rotatable bonds is 8. The number of hydrogen-bond acceptors (Lipinski definition) is 6. The molecule has 3 heterocycles. The standard InChI is InChI=1S/C28H37N5O4/c1-27(2,29)25(35)31-23(18-37-17-20-9-7-13-30-15-20)24(34)33-14-8-12-28(19-33)22(16-32(3)26(28)36)21-10-5-4-6-11-21/h4-7,9-11,13,15,22-23H,8,12,14,16-19,29H2,1-3H3,(H,31,35)/t22-,23?,28-/m0/s1. The van der Waals surface area contributed by atoms with Crippen LogP contribution in [0, 0.1) is 5.41 Å². The Kier molecular flexibility index (Phi) is 7.94. The van der Waals surface area contributed by atoms with Crippen molar-refractivity contribution in [2.75, 3.05) is 33.3 Å². The number of hydrogen-bond donors (Lipinski definition) is 2. The number of carbonyl (C=O) groups is 3. The lowest BCUT2D eigenvalue weighted by Crippen LogP contribution is -2.60. The third-order valence-electron chi connectivity index (χ3n) is 7.40. The molecule has 4 rings (SSSR count). The average Bonchev–Trinajstić information content (AvgIpc) is 3.13. The zero-order chi connectivity index (χ0) is 26.6. The number of nitrogens with two attached hydrogens (primary N) is 1. The monoisotopic (exact) mass is 507 g/mol. The zero-order valence-corrected chi connectivity index (χ0v) is 21.9. The second-order valence-corrected chi connectivity index (χ2v) is 10.8. The van der Waals surface area contributed by atoms with Crippen molar-refractivity contribution in [1.29, 1.82) is 0 Å². The van der Waals surface area contributed by atoms with E-state index >= 15 is 0 Å². The van der Waals surface area contributed by atoms with E-state index in [1.54, 1.807) is 36.0 Å². The molecule has 1 unspecified atom stereocenters. The third kappa shape index (κ3) is 5.83. The van der Waals surface area contributed by atoms with Crippen LogP contribution in [0.15, 0.2) is 54.9 Å². The fourth-order valence-electron chi connectivity index (χ4n) is 5.42. The average molecular weight is 508 g/mol. The molecule has 2 aliphatic rings. The topological polar surface area (TPSA) is 118 Å². The van der Waals surface area contributed by atoms with E-state index in [9.17, 15) is 14.4 Å². The third-order valence-corrected chi connectivity index (χ3v) is 7.40. The highest BCUT2D eigenvalue weighted by molar-refractivity contribution is 5.92. The Morgan fingerprint density at radius 3 is 2.68 bits per heavy atom. The lowest BCUT2D eigenvalue weighted by atomic mass is 9.69. The van der Waals surface area contributed by atoms with Gasteiger partial charge in [0.05, 0.1) is 24.2 Å². The lowest BCUT2D eigenvalue weighted by molar-refractivity contribution is -0.147. The van der Waals surface area contributed by atoms with Crippen LogP contribution in [0.4, 0.5) is 0 Å². The predicted octanol–water partition coefficient (Wildman–Crippen LogP) is 1.68. The summed E-state index contributed by atoms with van der Waals surface area (Å²) in [5.74, 6) is -0.659.